The van der Waals surface area contributed by atoms with Crippen molar-refractivity contribution < 1.29 is 18.3 Å². The van der Waals surface area contributed by atoms with E-state index < -0.39 is 16.0 Å². The van der Waals surface area contributed by atoms with Gasteiger partial charge in [0.1, 0.15) is 10.6 Å². The molecule has 25 heavy (non-hydrogen) atoms. The molecule has 0 spiro atoms. The largest absolute Gasteiger partial charge is 0.476 e. The number of aromatic carboxylic acids is 1. The van der Waals surface area contributed by atoms with E-state index in [0.29, 0.717) is 16.7 Å². The highest BCUT2D eigenvalue weighted by Gasteiger charge is 2.17. The number of hydrogen-bond acceptors (Lipinski definition) is 5. The molecular formula is C15H11ClN4O4S. The van der Waals surface area contributed by atoms with Crippen LogP contribution >= 0.6 is 11.6 Å². The molecule has 3 aromatic rings. The smallest absolute Gasteiger partial charge is 0.356 e. The number of carboxylic acid groups (broad SMARTS) is 1. The maximum absolute atomic E-state index is 11.6. The summed E-state index contributed by atoms with van der Waals surface area (Å²) in [5.41, 5.74) is 1.94. The van der Waals surface area contributed by atoms with Crippen LogP contribution in [0.25, 0.3) is 22.4 Å². The number of aromatic nitrogens is 3. The van der Waals surface area contributed by atoms with Gasteiger partial charge >= 0.3 is 5.97 Å². The monoisotopic (exact) mass is 378 g/mol. The second-order valence-corrected chi connectivity index (χ2v) is 7.05. The van der Waals surface area contributed by atoms with Crippen molar-refractivity contribution in [2.24, 2.45) is 5.14 Å². The van der Waals surface area contributed by atoms with Crippen LogP contribution in [-0.4, -0.2) is 34.9 Å². The quantitative estimate of drug-likeness (QED) is 0.635. The molecular weight excluding hydrogens is 368 g/mol. The van der Waals surface area contributed by atoms with E-state index in [1.165, 1.54) is 12.1 Å². The van der Waals surface area contributed by atoms with Gasteiger partial charge in [-0.2, -0.15) is 0 Å². The van der Waals surface area contributed by atoms with Crippen molar-refractivity contribution in [3.63, 3.8) is 0 Å². The lowest BCUT2D eigenvalue weighted by atomic mass is 10.0. The van der Waals surface area contributed by atoms with E-state index in [1.54, 1.807) is 30.3 Å². The number of benzene rings is 2. The first-order chi connectivity index (χ1) is 11.8. The topological polar surface area (TPSA) is 139 Å². The lowest BCUT2D eigenvalue weighted by molar-refractivity contribution is 0.0691. The maximum Gasteiger partial charge on any atom is 0.356 e. The van der Waals surface area contributed by atoms with Crippen LogP contribution in [0.4, 0.5) is 0 Å². The molecule has 4 N–H and O–H groups in total. The fourth-order valence-electron chi connectivity index (χ4n) is 2.30. The highest BCUT2D eigenvalue weighted by molar-refractivity contribution is 7.89. The van der Waals surface area contributed by atoms with Gasteiger partial charge in [0.25, 0.3) is 0 Å². The molecule has 0 saturated heterocycles. The van der Waals surface area contributed by atoms with Crippen LogP contribution < -0.4 is 5.14 Å². The van der Waals surface area contributed by atoms with Gasteiger partial charge < -0.3 is 5.11 Å². The molecule has 0 radical (unpaired) electrons. The standard InChI is InChI=1S/C15H11ClN4O4S/c16-11-6-5-10(7-12(11)25(17,23)24)8-1-3-9(4-2-8)13-14(15(21)22)19-20-18-13/h1-7H,(H,21,22)(H2,17,23,24)(H,18,19,20). The number of sulfonamides is 1. The minimum Gasteiger partial charge on any atom is -0.476 e. The fourth-order valence-corrected chi connectivity index (χ4v) is 3.37. The van der Waals surface area contributed by atoms with Crippen molar-refractivity contribution >= 4 is 27.6 Å². The van der Waals surface area contributed by atoms with Gasteiger partial charge in [0.2, 0.25) is 10.0 Å². The molecule has 0 aliphatic heterocycles. The highest BCUT2D eigenvalue weighted by Crippen LogP contribution is 2.29. The summed E-state index contributed by atoms with van der Waals surface area (Å²) in [6.07, 6.45) is 0. The Hall–Kier alpha value is -2.75. The SMILES string of the molecule is NS(=O)(=O)c1cc(-c2ccc(-c3nn[nH]c3C(=O)O)cc2)ccc1Cl. The maximum atomic E-state index is 11.6. The van der Waals surface area contributed by atoms with E-state index in [1.807, 2.05) is 0 Å². The number of H-pyrrole nitrogens is 1. The summed E-state index contributed by atoms with van der Waals surface area (Å²) >= 11 is 5.87. The molecule has 0 fully saturated rings. The van der Waals surface area contributed by atoms with Gasteiger partial charge in [-0.1, -0.05) is 47.1 Å². The molecule has 0 aliphatic rings. The molecule has 1 aromatic heterocycles. The number of primary sulfonamides is 1. The van der Waals surface area contributed by atoms with Crippen molar-refractivity contribution in [3.8, 4) is 22.4 Å². The third-order valence-electron chi connectivity index (χ3n) is 3.49. The first-order valence-electron chi connectivity index (χ1n) is 6.85. The molecule has 8 nitrogen and oxygen atoms in total. The number of hydrogen-bond donors (Lipinski definition) is 3. The molecule has 1 heterocycles. The second kappa shape index (κ2) is 6.28. The predicted molar refractivity (Wildman–Crippen MR) is 90.6 cm³/mol. The molecule has 0 saturated carbocycles. The Morgan fingerprint density at radius 3 is 2.28 bits per heavy atom. The van der Waals surface area contributed by atoms with Crippen molar-refractivity contribution in [1.29, 1.82) is 0 Å². The first kappa shape index (κ1) is 17.1. The number of nitrogens with zero attached hydrogens (tertiary/aromatic N) is 2. The van der Waals surface area contributed by atoms with E-state index >= 15 is 0 Å². The van der Waals surface area contributed by atoms with E-state index in [4.69, 9.17) is 21.8 Å². The summed E-state index contributed by atoms with van der Waals surface area (Å²) in [6.45, 7) is 0. The Labute approximate surface area is 147 Å². The molecule has 0 bridgehead atoms. The second-order valence-electron chi connectivity index (χ2n) is 5.11. The lowest BCUT2D eigenvalue weighted by Crippen LogP contribution is -2.12. The number of nitrogens with two attached hydrogens (primary N) is 1. The van der Waals surface area contributed by atoms with Crippen LogP contribution in [0.3, 0.4) is 0 Å². The minimum atomic E-state index is -3.94. The molecule has 2 aromatic carbocycles. The van der Waals surface area contributed by atoms with Gasteiger partial charge in [-0.15, -0.1) is 5.10 Å². The molecule has 0 amide bonds. The molecule has 10 heteroatoms. The predicted octanol–water partition coefficient (Wildman–Crippen LogP) is 2.14. The summed E-state index contributed by atoms with van der Waals surface area (Å²) in [7, 11) is -3.94. The minimum absolute atomic E-state index is 0.0385. The Morgan fingerprint density at radius 1 is 1.08 bits per heavy atom. The number of nitrogens with one attached hydrogen (secondary N) is 1. The zero-order chi connectivity index (χ0) is 18.2. The van der Waals surface area contributed by atoms with Gasteiger partial charge in [0.15, 0.2) is 5.69 Å². The Balaban J connectivity index is 2.01. The molecule has 0 atom stereocenters. The Morgan fingerprint density at radius 2 is 1.68 bits per heavy atom. The molecule has 3 rings (SSSR count). The normalized spacial score (nSPS) is 11.4. The highest BCUT2D eigenvalue weighted by atomic mass is 35.5. The zero-order valence-corrected chi connectivity index (χ0v) is 14.0. The number of halogens is 1. The third kappa shape index (κ3) is 3.38. The van der Waals surface area contributed by atoms with E-state index in [2.05, 4.69) is 15.4 Å². The van der Waals surface area contributed by atoms with Crippen LogP contribution in [0.5, 0.6) is 0 Å². The number of carbonyl (C=O) groups is 1. The van der Waals surface area contributed by atoms with Crippen LogP contribution in [0.15, 0.2) is 47.4 Å². The lowest BCUT2D eigenvalue weighted by Gasteiger charge is -2.07. The van der Waals surface area contributed by atoms with Crippen LogP contribution in [0.2, 0.25) is 5.02 Å². The fraction of sp³-hybridized carbons (Fsp3) is 0. The summed E-state index contributed by atoms with van der Waals surface area (Å²) in [5.74, 6) is -1.17. The van der Waals surface area contributed by atoms with Crippen molar-refractivity contribution in [3.05, 3.63) is 53.2 Å². The van der Waals surface area contributed by atoms with E-state index in [0.717, 1.165) is 0 Å². The number of carboxylic acids is 1. The Bertz CT molecular complexity index is 1060. The number of rotatable bonds is 4. The summed E-state index contributed by atoms with van der Waals surface area (Å²) in [5, 5.41) is 23.9. The summed E-state index contributed by atoms with van der Waals surface area (Å²) in [4.78, 5) is 10.9. The average molecular weight is 379 g/mol. The molecule has 0 unspecified atom stereocenters. The third-order valence-corrected chi connectivity index (χ3v) is 4.88. The number of aromatic amines is 1. The summed E-state index contributed by atoms with van der Waals surface area (Å²) < 4.78 is 23.1. The van der Waals surface area contributed by atoms with Crippen molar-refractivity contribution in [2.45, 2.75) is 4.90 Å². The van der Waals surface area contributed by atoms with Crippen molar-refractivity contribution in [1.82, 2.24) is 15.4 Å². The van der Waals surface area contributed by atoms with Crippen LogP contribution in [0, 0.1) is 0 Å². The van der Waals surface area contributed by atoms with E-state index in [9.17, 15) is 13.2 Å². The molecule has 0 aliphatic carbocycles. The van der Waals surface area contributed by atoms with Gasteiger partial charge in [-0.3, -0.25) is 5.10 Å². The first-order valence-corrected chi connectivity index (χ1v) is 8.77. The average Bonchev–Trinajstić information content (AvgIpc) is 3.04. The van der Waals surface area contributed by atoms with Gasteiger partial charge in [0, 0.05) is 5.56 Å². The zero-order valence-electron chi connectivity index (χ0n) is 12.5. The van der Waals surface area contributed by atoms with Gasteiger partial charge in [-0.25, -0.2) is 18.4 Å². The van der Waals surface area contributed by atoms with E-state index in [-0.39, 0.29) is 21.3 Å². The van der Waals surface area contributed by atoms with Gasteiger partial charge in [-0.05, 0) is 23.3 Å². The van der Waals surface area contributed by atoms with Crippen LogP contribution in [-0.2, 0) is 10.0 Å². The van der Waals surface area contributed by atoms with Crippen molar-refractivity contribution in [2.75, 3.05) is 0 Å². The Kier molecular flexibility index (Phi) is 4.29. The van der Waals surface area contributed by atoms with Gasteiger partial charge in [0.05, 0.1) is 5.02 Å². The summed E-state index contributed by atoms with van der Waals surface area (Å²) in [6, 6.07) is 11.2. The molecule has 128 valence electrons. The van der Waals surface area contributed by atoms with Crippen LogP contribution in [0.1, 0.15) is 10.5 Å².